The Morgan fingerprint density at radius 2 is 2.12 bits per heavy atom. The van der Waals surface area contributed by atoms with Crippen molar-refractivity contribution >= 4 is 6.09 Å². The van der Waals surface area contributed by atoms with Gasteiger partial charge < -0.3 is 15.0 Å². The van der Waals surface area contributed by atoms with Crippen molar-refractivity contribution in [2.75, 3.05) is 6.54 Å². The van der Waals surface area contributed by atoms with E-state index in [1.54, 1.807) is 12.1 Å². The molecular weight excluding hydrogens is 306 g/mol. The maximum atomic E-state index is 11.8. The summed E-state index contributed by atoms with van der Waals surface area (Å²) in [4.78, 5) is 30.6. The third-order valence-electron chi connectivity index (χ3n) is 3.72. The highest BCUT2D eigenvalue weighted by Gasteiger charge is 2.09. The van der Waals surface area contributed by atoms with E-state index in [4.69, 9.17) is 4.74 Å². The number of hydrogen-bond donors (Lipinski definition) is 2. The number of aromatic nitrogens is 2. The molecule has 2 N–H and O–H groups in total. The van der Waals surface area contributed by atoms with Crippen molar-refractivity contribution in [1.29, 1.82) is 0 Å². The fraction of sp³-hybridized carbons (Fsp3) is 0.389. The van der Waals surface area contributed by atoms with Gasteiger partial charge in [0.05, 0.1) is 11.9 Å². The van der Waals surface area contributed by atoms with Gasteiger partial charge in [0.1, 0.15) is 0 Å². The molecule has 0 atom stereocenters. The number of aromatic amines is 1. The highest BCUT2D eigenvalue weighted by Crippen LogP contribution is 2.22. The largest absolute Gasteiger partial charge is 0.412 e. The molecule has 0 saturated heterocycles. The zero-order valence-corrected chi connectivity index (χ0v) is 14.3. The number of unbranched alkanes of at least 4 members (excludes halogenated alkanes) is 1. The highest BCUT2D eigenvalue weighted by molar-refractivity contribution is 5.70. The Morgan fingerprint density at radius 3 is 2.75 bits per heavy atom. The summed E-state index contributed by atoms with van der Waals surface area (Å²) in [5, 5.41) is 2.68. The van der Waals surface area contributed by atoms with E-state index in [1.165, 1.54) is 6.20 Å². The van der Waals surface area contributed by atoms with Crippen molar-refractivity contribution in [1.82, 2.24) is 15.3 Å². The molecule has 2 aromatic rings. The topological polar surface area (TPSA) is 84.1 Å². The zero-order valence-electron chi connectivity index (χ0n) is 14.3. The number of nitrogens with one attached hydrogen (secondary N) is 2. The molecule has 6 heteroatoms. The van der Waals surface area contributed by atoms with Gasteiger partial charge in [-0.1, -0.05) is 20.3 Å². The molecule has 0 unspecified atom stereocenters. The Kier molecular flexibility index (Phi) is 6.12. The molecule has 0 aliphatic rings. The predicted molar refractivity (Wildman–Crippen MR) is 93.3 cm³/mol. The summed E-state index contributed by atoms with van der Waals surface area (Å²) in [6, 6.07) is 5.32. The van der Waals surface area contributed by atoms with Crippen LogP contribution >= 0.6 is 0 Å². The van der Waals surface area contributed by atoms with E-state index >= 15 is 0 Å². The first-order valence-corrected chi connectivity index (χ1v) is 8.20. The molecule has 1 amide bonds. The molecule has 0 aliphatic heterocycles. The Morgan fingerprint density at radius 1 is 1.33 bits per heavy atom. The Bertz CT molecular complexity index is 751. The van der Waals surface area contributed by atoms with Crippen LogP contribution in [0.5, 0.6) is 5.75 Å². The SMILES string of the molecule is CCCCNC(=O)Oc1ccc(-c2cc(CC)c(=O)[nH]c2C)nc1. The van der Waals surface area contributed by atoms with E-state index < -0.39 is 6.09 Å². The number of pyridine rings is 2. The smallest absolute Gasteiger partial charge is 0.409 e. The average Bonchev–Trinajstić information content (AvgIpc) is 2.56. The monoisotopic (exact) mass is 329 g/mol. The number of carbonyl (C=O) groups is 1. The van der Waals surface area contributed by atoms with E-state index in [1.807, 2.05) is 19.9 Å². The number of H-pyrrole nitrogens is 1. The van der Waals surface area contributed by atoms with Crippen LogP contribution in [0.25, 0.3) is 11.3 Å². The number of ether oxygens (including phenoxy) is 1. The molecule has 0 spiro atoms. The number of nitrogens with zero attached hydrogens (tertiary/aromatic N) is 1. The first-order valence-electron chi connectivity index (χ1n) is 8.20. The summed E-state index contributed by atoms with van der Waals surface area (Å²) in [5.74, 6) is 0.380. The number of carbonyl (C=O) groups excluding carboxylic acids is 1. The lowest BCUT2D eigenvalue weighted by Crippen LogP contribution is -2.27. The van der Waals surface area contributed by atoms with E-state index in [0.717, 1.165) is 29.8 Å². The molecular formula is C18H23N3O3. The van der Waals surface area contributed by atoms with Crippen LogP contribution < -0.4 is 15.6 Å². The van der Waals surface area contributed by atoms with Crippen molar-refractivity contribution in [2.45, 2.75) is 40.0 Å². The van der Waals surface area contributed by atoms with Crippen LogP contribution in [0.3, 0.4) is 0 Å². The molecule has 2 aromatic heterocycles. The van der Waals surface area contributed by atoms with Gasteiger partial charge in [-0.05, 0) is 38.0 Å². The average molecular weight is 329 g/mol. The third-order valence-corrected chi connectivity index (χ3v) is 3.72. The van der Waals surface area contributed by atoms with E-state index in [0.29, 0.717) is 24.3 Å². The summed E-state index contributed by atoms with van der Waals surface area (Å²) in [5.41, 5.74) is 2.99. The van der Waals surface area contributed by atoms with Gasteiger partial charge in [-0.15, -0.1) is 0 Å². The van der Waals surface area contributed by atoms with Crippen LogP contribution in [0.4, 0.5) is 4.79 Å². The molecule has 0 aromatic carbocycles. The van der Waals surface area contributed by atoms with Crippen molar-refractivity contribution in [3.05, 3.63) is 46.0 Å². The highest BCUT2D eigenvalue weighted by atomic mass is 16.6. The Balaban J connectivity index is 2.12. The van der Waals surface area contributed by atoms with Gasteiger partial charge in [0.15, 0.2) is 5.75 Å². The third kappa shape index (κ3) is 4.44. The van der Waals surface area contributed by atoms with Crippen LogP contribution in [0, 0.1) is 6.92 Å². The fourth-order valence-corrected chi connectivity index (χ4v) is 2.30. The van der Waals surface area contributed by atoms with Crippen LogP contribution in [0.1, 0.15) is 37.9 Å². The fourth-order valence-electron chi connectivity index (χ4n) is 2.30. The van der Waals surface area contributed by atoms with Gasteiger partial charge in [-0.3, -0.25) is 9.78 Å². The van der Waals surface area contributed by atoms with E-state index in [-0.39, 0.29) is 5.56 Å². The van der Waals surface area contributed by atoms with Crippen LogP contribution in [-0.4, -0.2) is 22.6 Å². The standard InChI is InChI=1S/C18H23N3O3/c1-4-6-9-19-18(23)24-14-7-8-16(20-11-14)15-10-13(5-2)17(22)21-12(15)3/h7-8,10-11H,4-6,9H2,1-3H3,(H,19,23)(H,21,22). The summed E-state index contributed by atoms with van der Waals surface area (Å²) in [7, 11) is 0. The van der Waals surface area contributed by atoms with Crippen molar-refractivity contribution in [2.24, 2.45) is 0 Å². The predicted octanol–water partition coefficient (Wildman–Crippen LogP) is 3.20. The lowest BCUT2D eigenvalue weighted by atomic mass is 10.1. The van der Waals surface area contributed by atoms with Crippen LogP contribution in [0.15, 0.2) is 29.2 Å². The number of aryl methyl sites for hydroxylation is 2. The Labute approximate surface area is 141 Å². The maximum absolute atomic E-state index is 11.8. The first-order chi connectivity index (χ1) is 11.5. The number of amides is 1. The van der Waals surface area contributed by atoms with Crippen LogP contribution in [0.2, 0.25) is 0 Å². The molecule has 2 heterocycles. The molecule has 128 valence electrons. The second-order valence-electron chi connectivity index (χ2n) is 5.56. The summed E-state index contributed by atoms with van der Waals surface area (Å²) >= 11 is 0. The summed E-state index contributed by atoms with van der Waals surface area (Å²) in [6.45, 7) is 6.42. The van der Waals surface area contributed by atoms with Crippen LogP contribution in [-0.2, 0) is 6.42 Å². The normalized spacial score (nSPS) is 10.5. The lowest BCUT2D eigenvalue weighted by molar-refractivity contribution is 0.200. The minimum atomic E-state index is -0.480. The summed E-state index contributed by atoms with van der Waals surface area (Å²) < 4.78 is 5.18. The second-order valence-corrected chi connectivity index (χ2v) is 5.56. The second kappa shape index (κ2) is 8.29. The maximum Gasteiger partial charge on any atom is 0.412 e. The molecule has 0 aliphatic carbocycles. The molecule has 6 nitrogen and oxygen atoms in total. The van der Waals surface area contributed by atoms with Gasteiger partial charge in [0.25, 0.3) is 5.56 Å². The number of hydrogen-bond acceptors (Lipinski definition) is 4. The molecule has 24 heavy (non-hydrogen) atoms. The zero-order chi connectivity index (χ0) is 17.5. The van der Waals surface area contributed by atoms with Crippen molar-refractivity contribution < 1.29 is 9.53 Å². The summed E-state index contributed by atoms with van der Waals surface area (Å²) in [6.07, 6.45) is 3.60. The number of rotatable bonds is 6. The van der Waals surface area contributed by atoms with Gasteiger partial charge >= 0.3 is 6.09 Å². The van der Waals surface area contributed by atoms with Gasteiger partial charge in [-0.25, -0.2) is 4.79 Å². The van der Waals surface area contributed by atoms with E-state index in [9.17, 15) is 9.59 Å². The quantitative estimate of drug-likeness (QED) is 0.797. The first kappa shape index (κ1) is 17.7. The minimum absolute atomic E-state index is 0.0672. The van der Waals surface area contributed by atoms with Gasteiger partial charge in [-0.2, -0.15) is 0 Å². The lowest BCUT2D eigenvalue weighted by Gasteiger charge is -2.09. The molecule has 0 fully saturated rings. The van der Waals surface area contributed by atoms with Gasteiger partial charge in [0, 0.05) is 23.4 Å². The van der Waals surface area contributed by atoms with Crippen molar-refractivity contribution in [3.63, 3.8) is 0 Å². The molecule has 0 bridgehead atoms. The van der Waals surface area contributed by atoms with E-state index in [2.05, 4.69) is 22.2 Å². The molecule has 0 radical (unpaired) electrons. The Hall–Kier alpha value is -2.63. The minimum Gasteiger partial charge on any atom is -0.409 e. The van der Waals surface area contributed by atoms with Crippen molar-refractivity contribution in [3.8, 4) is 17.0 Å². The molecule has 0 saturated carbocycles. The van der Waals surface area contributed by atoms with Gasteiger partial charge in [0.2, 0.25) is 0 Å². The molecule has 2 rings (SSSR count).